The van der Waals surface area contributed by atoms with E-state index in [1.54, 1.807) is 0 Å². The monoisotopic (exact) mass is 356 g/mol. The van der Waals surface area contributed by atoms with Crippen LogP contribution in [0.5, 0.6) is 0 Å². The summed E-state index contributed by atoms with van der Waals surface area (Å²) < 4.78 is 1.90. The summed E-state index contributed by atoms with van der Waals surface area (Å²) in [6.45, 7) is 5.67. The van der Waals surface area contributed by atoms with E-state index in [1.165, 1.54) is 18.4 Å². The number of aromatic amines is 1. The second-order valence-corrected chi connectivity index (χ2v) is 7.81. The van der Waals surface area contributed by atoms with Crippen molar-refractivity contribution >= 4 is 5.91 Å². The molecule has 2 aromatic heterocycles. The lowest BCUT2D eigenvalue weighted by Gasteiger charge is -2.31. The highest BCUT2D eigenvalue weighted by Gasteiger charge is 2.31. The molecule has 1 saturated carbocycles. The van der Waals surface area contributed by atoms with Gasteiger partial charge in [0.05, 0.1) is 5.69 Å². The van der Waals surface area contributed by atoms with E-state index in [1.807, 2.05) is 23.6 Å². The standard InChI is InChI=1S/C19H28N6O/c1-12-16(13(2)24(3)23-12)8-9-17(26)25-10-4-5-15(11-25)19-20-18(21-22-19)14-6-7-14/h14-15H,4-11H2,1-3H3,(H,20,21,22)/t15-/m0/s1. The predicted octanol–water partition coefficient (Wildman–Crippen LogP) is 2.37. The number of aromatic nitrogens is 5. The molecule has 1 saturated heterocycles. The second kappa shape index (κ2) is 6.85. The molecule has 1 aliphatic heterocycles. The second-order valence-electron chi connectivity index (χ2n) is 7.81. The molecular weight excluding hydrogens is 328 g/mol. The highest BCUT2D eigenvalue weighted by Crippen LogP contribution is 2.38. The molecule has 2 aromatic rings. The summed E-state index contributed by atoms with van der Waals surface area (Å²) in [6, 6.07) is 0. The van der Waals surface area contributed by atoms with Gasteiger partial charge in [-0.05, 0) is 51.5 Å². The van der Waals surface area contributed by atoms with Crippen LogP contribution in [0.3, 0.4) is 0 Å². The number of hydrogen-bond acceptors (Lipinski definition) is 4. The van der Waals surface area contributed by atoms with Crippen LogP contribution >= 0.6 is 0 Å². The van der Waals surface area contributed by atoms with Crippen molar-refractivity contribution in [1.82, 2.24) is 29.9 Å². The molecule has 7 heteroatoms. The minimum absolute atomic E-state index is 0.232. The van der Waals surface area contributed by atoms with Crippen molar-refractivity contribution in [3.63, 3.8) is 0 Å². The molecule has 0 spiro atoms. The van der Waals surface area contributed by atoms with Crippen LogP contribution in [-0.2, 0) is 18.3 Å². The number of amides is 1. The Bertz CT molecular complexity index is 803. The minimum Gasteiger partial charge on any atom is -0.342 e. The van der Waals surface area contributed by atoms with Crippen molar-refractivity contribution in [2.75, 3.05) is 13.1 Å². The maximum absolute atomic E-state index is 12.8. The van der Waals surface area contributed by atoms with Gasteiger partial charge in [0.2, 0.25) is 5.91 Å². The normalized spacial score (nSPS) is 20.6. The number of piperidine rings is 1. The fourth-order valence-electron chi connectivity index (χ4n) is 3.99. The van der Waals surface area contributed by atoms with Gasteiger partial charge >= 0.3 is 0 Å². The van der Waals surface area contributed by atoms with Crippen molar-refractivity contribution in [3.8, 4) is 0 Å². The zero-order valence-electron chi connectivity index (χ0n) is 16.0. The fraction of sp³-hybridized carbons (Fsp3) is 0.684. The Kier molecular flexibility index (Phi) is 4.54. The van der Waals surface area contributed by atoms with E-state index in [-0.39, 0.29) is 11.8 Å². The molecule has 1 amide bonds. The fourth-order valence-corrected chi connectivity index (χ4v) is 3.99. The third-order valence-corrected chi connectivity index (χ3v) is 5.87. The first-order valence-corrected chi connectivity index (χ1v) is 9.72. The van der Waals surface area contributed by atoms with E-state index < -0.39 is 0 Å². The van der Waals surface area contributed by atoms with Gasteiger partial charge in [0.25, 0.3) is 0 Å². The number of rotatable bonds is 5. The summed E-state index contributed by atoms with van der Waals surface area (Å²) in [5.74, 6) is 3.01. The molecule has 0 aromatic carbocycles. The van der Waals surface area contributed by atoms with E-state index >= 15 is 0 Å². The third kappa shape index (κ3) is 3.39. The molecule has 3 heterocycles. The van der Waals surface area contributed by atoms with E-state index in [0.29, 0.717) is 12.3 Å². The molecule has 0 unspecified atom stereocenters. The van der Waals surface area contributed by atoms with Gasteiger partial charge in [-0.15, -0.1) is 0 Å². The number of carbonyl (C=O) groups is 1. The predicted molar refractivity (Wildman–Crippen MR) is 97.9 cm³/mol. The quantitative estimate of drug-likeness (QED) is 0.892. The van der Waals surface area contributed by atoms with E-state index in [0.717, 1.165) is 55.4 Å². The number of nitrogens with one attached hydrogen (secondary N) is 1. The van der Waals surface area contributed by atoms with Crippen molar-refractivity contribution in [3.05, 3.63) is 28.6 Å². The summed E-state index contributed by atoms with van der Waals surface area (Å²) in [6.07, 6.45) is 5.83. The molecule has 1 atom stereocenters. The number of hydrogen-bond donors (Lipinski definition) is 1. The zero-order valence-corrected chi connectivity index (χ0v) is 16.0. The van der Waals surface area contributed by atoms with Crippen LogP contribution in [0.25, 0.3) is 0 Å². The number of aryl methyl sites for hydroxylation is 2. The smallest absolute Gasteiger partial charge is 0.222 e. The zero-order chi connectivity index (χ0) is 18.3. The summed E-state index contributed by atoms with van der Waals surface area (Å²) in [7, 11) is 1.95. The van der Waals surface area contributed by atoms with Crippen molar-refractivity contribution in [1.29, 1.82) is 0 Å². The Balaban J connectivity index is 1.36. The van der Waals surface area contributed by atoms with Gasteiger partial charge < -0.3 is 4.90 Å². The third-order valence-electron chi connectivity index (χ3n) is 5.87. The number of H-pyrrole nitrogens is 1. The molecule has 0 bridgehead atoms. The Morgan fingerprint density at radius 2 is 2.04 bits per heavy atom. The van der Waals surface area contributed by atoms with Gasteiger partial charge in [-0.1, -0.05) is 0 Å². The lowest BCUT2D eigenvalue weighted by molar-refractivity contribution is -0.132. The van der Waals surface area contributed by atoms with Crippen LogP contribution in [0.1, 0.15) is 72.5 Å². The summed E-state index contributed by atoms with van der Waals surface area (Å²) in [4.78, 5) is 19.4. The van der Waals surface area contributed by atoms with Gasteiger partial charge in [-0.3, -0.25) is 14.6 Å². The van der Waals surface area contributed by atoms with Gasteiger partial charge in [0, 0.05) is 44.1 Å². The molecule has 4 rings (SSSR count). The molecule has 2 fully saturated rings. The molecule has 1 N–H and O–H groups in total. The SMILES string of the molecule is Cc1nn(C)c(C)c1CCC(=O)N1CCC[C@H](c2n[nH]c(C3CC3)n2)C1. The van der Waals surface area contributed by atoms with Crippen LogP contribution in [0.15, 0.2) is 0 Å². The first-order chi connectivity index (χ1) is 12.5. The molecule has 0 radical (unpaired) electrons. The average molecular weight is 356 g/mol. The van der Waals surface area contributed by atoms with Crippen LogP contribution in [0.4, 0.5) is 0 Å². The van der Waals surface area contributed by atoms with Crippen LogP contribution in [0.2, 0.25) is 0 Å². The topological polar surface area (TPSA) is 79.7 Å². The maximum atomic E-state index is 12.8. The Labute approximate surface area is 154 Å². The maximum Gasteiger partial charge on any atom is 0.222 e. The van der Waals surface area contributed by atoms with Gasteiger partial charge in [-0.25, -0.2) is 4.98 Å². The summed E-state index contributed by atoms with van der Waals surface area (Å²) >= 11 is 0. The first kappa shape index (κ1) is 17.2. The Morgan fingerprint density at radius 3 is 2.73 bits per heavy atom. The van der Waals surface area contributed by atoms with Crippen molar-refractivity contribution in [2.45, 2.75) is 64.2 Å². The Morgan fingerprint density at radius 1 is 1.23 bits per heavy atom. The van der Waals surface area contributed by atoms with E-state index in [9.17, 15) is 4.79 Å². The van der Waals surface area contributed by atoms with Crippen molar-refractivity contribution in [2.24, 2.45) is 7.05 Å². The van der Waals surface area contributed by atoms with Crippen LogP contribution in [-0.4, -0.2) is 48.9 Å². The molecule has 26 heavy (non-hydrogen) atoms. The number of likely N-dealkylation sites (tertiary alicyclic amines) is 1. The number of carbonyl (C=O) groups excluding carboxylic acids is 1. The molecule has 7 nitrogen and oxygen atoms in total. The molecule has 140 valence electrons. The van der Waals surface area contributed by atoms with Crippen LogP contribution < -0.4 is 0 Å². The van der Waals surface area contributed by atoms with E-state index in [2.05, 4.69) is 22.2 Å². The molecule has 2 aliphatic rings. The average Bonchev–Trinajstić information content (AvgIpc) is 3.32. The molecule has 1 aliphatic carbocycles. The lowest BCUT2D eigenvalue weighted by Crippen LogP contribution is -2.39. The Hall–Kier alpha value is -2.18. The van der Waals surface area contributed by atoms with Gasteiger partial charge in [0.1, 0.15) is 5.82 Å². The highest BCUT2D eigenvalue weighted by atomic mass is 16.2. The first-order valence-electron chi connectivity index (χ1n) is 9.72. The van der Waals surface area contributed by atoms with Crippen LogP contribution in [0, 0.1) is 13.8 Å². The van der Waals surface area contributed by atoms with Gasteiger partial charge in [0.15, 0.2) is 5.82 Å². The lowest BCUT2D eigenvalue weighted by atomic mass is 9.96. The highest BCUT2D eigenvalue weighted by molar-refractivity contribution is 5.76. The molecular formula is C19H28N6O. The van der Waals surface area contributed by atoms with Crippen molar-refractivity contribution < 1.29 is 4.79 Å². The summed E-state index contributed by atoms with van der Waals surface area (Å²) in [5, 5.41) is 12.0. The van der Waals surface area contributed by atoms with Gasteiger partial charge in [-0.2, -0.15) is 10.2 Å². The van der Waals surface area contributed by atoms with E-state index in [4.69, 9.17) is 4.98 Å². The summed E-state index contributed by atoms with van der Waals surface area (Å²) in [5.41, 5.74) is 3.39. The largest absolute Gasteiger partial charge is 0.342 e. The number of nitrogens with zero attached hydrogens (tertiary/aromatic N) is 5. The minimum atomic E-state index is 0.232.